The van der Waals surface area contributed by atoms with Gasteiger partial charge in [0.05, 0.1) is 19.8 Å². The van der Waals surface area contributed by atoms with E-state index in [2.05, 4.69) is 103 Å². The third kappa shape index (κ3) is 195. The molecule has 0 aliphatic rings. The van der Waals surface area contributed by atoms with E-state index in [0.717, 1.165) is 38.9 Å². The molecule has 1 atom stereocenters. The zero-order valence-electron chi connectivity index (χ0n) is 25.2. The van der Waals surface area contributed by atoms with Gasteiger partial charge in [0.15, 0.2) is 0 Å². The summed E-state index contributed by atoms with van der Waals surface area (Å²) < 4.78 is 39.5. The summed E-state index contributed by atoms with van der Waals surface area (Å²) in [7, 11) is -4.50. The predicted molar refractivity (Wildman–Crippen MR) is 164 cm³/mol. The van der Waals surface area contributed by atoms with Crippen LogP contribution in [0.1, 0.15) is 53.4 Å². The molecule has 0 radical (unpaired) electrons. The van der Waals surface area contributed by atoms with E-state index >= 15 is 0 Å². The van der Waals surface area contributed by atoms with E-state index in [4.69, 9.17) is 14.9 Å². The second-order valence-corrected chi connectivity index (χ2v) is 5.39. The Morgan fingerprint density at radius 2 is 1.00 bits per heavy atom. The van der Waals surface area contributed by atoms with Gasteiger partial charge in [0.25, 0.3) is 0 Å². The largest absolute Gasteiger partial charge is 1.00 e. The van der Waals surface area contributed by atoms with Crippen molar-refractivity contribution in [2.75, 3.05) is 33.0 Å². The molecule has 0 bridgehead atoms. The molecule has 37 heavy (non-hydrogen) atoms. The van der Waals surface area contributed by atoms with E-state index in [-0.39, 0.29) is 55.3 Å². The number of hydrogen-bond donors (Lipinski definition) is 2. The van der Waals surface area contributed by atoms with E-state index in [1.54, 1.807) is 0 Å². The van der Waals surface area contributed by atoms with Crippen molar-refractivity contribution in [3.63, 3.8) is 0 Å². The molecule has 1 unspecified atom stereocenters. The fourth-order valence-electron chi connectivity index (χ4n) is 1.28. The number of ether oxygens (including phenoxy) is 1. The molecule has 0 aromatic rings. The van der Waals surface area contributed by atoms with Gasteiger partial charge < -0.3 is 19.5 Å². The summed E-state index contributed by atoms with van der Waals surface area (Å²) in [6.07, 6.45) is 3.87. The zero-order valence-corrected chi connectivity index (χ0v) is 28.0. The van der Waals surface area contributed by atoms with Gasteiger partial charge in [-0.2, -0.15) is 0 Å². The van der Waals surface area contributed by atoms with Crippen LogP contribution in [-0.2, 0) is 19.3 Å². The first kappa shape index (κ1) is 70.5. The Hall–Kier alpha value is -1.07. The van der Waals surface area contributed by atoms with Crippen LogP contribution in [0, 0.1) is 5.92 Å². The predicted octanol–water partition coefficient (Wildman–Crippen LogP) is 4.31. The first-order valence-electron chi connectivity index (χ1n) is 11.2. The number of unbranched alkanes of at least 4 members (excludes halogenated alkanes) is 1. The summed E-state index contributed by atoms with van der Waals surface area (Å²) in [5.41, 5.74) is 0. The SMILES string of the molecule is C=C.C=C.C=C.C=C.C=C.C=C.C=C.CCCCC(CC)COS(=O)(=O)[O-].CCOCC.OCCO.[Na+]. The van der Waals surface area contributed by atoms with Gasteiger partial charge in [-0.05, 0) is 26.2 Å². The molecule has 0 fully saturated rings. The molecule has 0 aromatic heterocycles. The minimum absolute atomic E-state index is 0. The Balaban J connectivity index is -0.0000000265. The average Bonchev–Trinajstić information content (AvgIpc) is 2.97. The first-order chi connectivity index (χ1) is 17.3. The molecule has 9 heteroatoms. The van der Waals surface area contributed by atoms with Crippen LogP contribution in [-0.4, -0.2) is 56.2 Å². The van der Waals surface area contributed by atoms with Crippen molar-refractivity contribution in [1.82, 2.24) is 0 Å². The van der Waals surface area contributed by atoms with Crippen molar-refractivity contribution in [3.05, 3.63) is 92.1 Å². The molecular weight excluding hydrogens is 503 g/mol. The summed E-state index contributed by atoms with van der Waals surface area (Å²) in [6, 6.07) is 0. The van der Waals surface area contributed by atoms with Crippen molar-refractivity contribution < 1.29 is 61.7 Å². The summed E-state index contributed by atoms with van der Waals surface area (Å²) in [6.45, 7) is 51.5. The van der Waals surface area contributed by atoms with Crippen LogP contribution in [0.25, 0.3) is 0 Å². The minimum Gasteiger partial charge on any atom is -0.726 e. The number of aliphatic hydroxyl groups is 2. The minimum atomic E-state index is -4.50. The Bertz CT molecular complexity index is 361. The van der Waals surface area contributed by atoms with Gasteiger partial charge in [-0.1, -0.05) is 33.1 Å². The molecule has 0 aromatic carbocycles. The van der Waals surface area contributed by atoms with E-state index in [9.17, 15) is 13.0 Å². The van der Waals surface area contributed by atoms with Gasteiger partial charge >= 0.3 is 29.6 Å². The van der Waals surface area contributed by atoms with E-state index in [1.807, 2.05) is 20.8 Å². The molecule has 0 saturated heterocycles. The van der Waals surface area contributed by atoms with Crippen LogP contribution in [0.2, 0.25) is 0 Å². The second-order valence-electron chi connectivity index (χ2n) is 4.34. The summed E-state index contributed by atoms with van der Waals surface area (Å²) >= 11 is 0. The van der Waals surface area contributed by atoms with Gasteiger partial charge in [0.2, 0.25) is 10.4 Å². The van der Waals surface area contributed by atoms with E-state index in [0.29, 0.717) is 0 Å². The Morgan fingerprint density at radius 1 is 0.703 bits per heavy atom. The number of aliphatic hydroxyl groups excluding tert-OH is 2. The maximum absolute atomic E-state index is 10.1. The molecule has 0 amide bonds. The quantitative estimate of drug-likeness (QED) is 0.176. The summed E-state index contributed by atoms with van der Waals surface area (Å²) in [5, 5.41) is 15.2. The van der Waals surface area contributed by atoms with Crippen molar-refractivity contribution in [2.45, 2.75) is 53.4 Å². The van der Waals surface area contributed by atoms with Crippen molar-refractivity contribution in [1.29, 1.82) is 0 Å². The van der Waals surface area contributed by atoms with Crippen molar-refractivity contribution in [2.24, 2.45) is 5.92 Å². The maximum atomic E-state index is 10.1. The van der Waals surface area contributed by atoms with E-state index in [1.165, 1.54) is 0 Å². The standard InChI is InChI=1S/C8H18O4S.C4H10O.C2H6O2.7C2H4.Na/c1-3-5-6-8(4-2)7-12-13(9,10)11;1-3-5-4-2;3-1-2-4;7*1-2;/h8H,3-7H2,1-2H3,(H,9,10,11);3-4H2,1-2H3;3-4H,1-2H2;7*1-2H2;/q;;;;;;;;;;+1/p-1. The summed E-state index contributed by atoms with van der Waals surface area (Å²) in [4.78, 5) is 0. The van der Waals surface area contributed by atoms with Gasteiger partial charge in [-0.25, -0.2) is 8.42 Å². The second kappa shape index (κ2) is 112. The molecule has 0 rings (SSSR count). The number of hydrogen-bond acceptors (Lipinski definition) is 7. The fourth-order valence-corrected chi connectivity index (χ4v) is 1.64. The third-order valence-electron chi connectivity index (χ3n) is 2.50. The van der Waals surface area contributed by atoms with Crippen LogP contribution in [0.15, 0.2) is 92.1 Å². The molecular formula is C28H61NaO7S. The Kier molecular flexibility index (Phi) is 214. The van der Waals surface area contributed by atoms with Crippen molar-refractivity contribution >= 4 is 10.4 Å². The monoisotopic (exact) mass is 564 g/mol. The van der Waals surface area contributed by atoms with Crippen LogP contribution in [0.4, 0.5) is 0 Å². The molecule has 2 N–H and O–H groups in total. The fraction of sp³-hybridized carbons (Fsp3) is 0.500. The number of rotatable bonds is 10. The average molecular weight is 565 g/mol. The third-order valence-corrected chi connectivity index (χ3v) is 2.92. The molecule has 0 aliphatic heterocycles. The first-order valence-corrected chi connectivity index (χ1v) is 12.6. The molecule has 0 heterocycles. The van der Waals surface area contributed by atoms with Gasteiger partial charge in [-0.3, -0.25) is 4.18 Å². The molecule has 0 saturated carbocycles. The van der Waals surface area contributed by atoms with Gasteiger partial charge in [-0.15, -0.1) is 92.1 Å². The zero-order chi connectivity index (χ0) is 31.9. The maximum Gasteiger partial charge on any atom is 1.00 e. The Morgan fingerprint density at radius 3 is 1.14 bits per heavy atom. The molecule has 0 spiro atoms. The Labute approximate surface area is 255 Å². The van der Waals surface area contributed by atoms with Gasteiger partial charge in [0.1, 0.15) is 0 Å². The van der Waals surface area contributed by atoms with Crippen LogP contribution >= 0.6 is 0 Å². The van der Waals surface area contributed by atoms with Crippen LogP contribution in [0.3, 0.4) is 0 Å². The molecule has 0 aliphatic carbocycles. The van der Waals surface area contributed by atoms with Gasteiger partial charge in [0, 0.05) is 13.2 Å². The van der Waals surface area contributed by atoms with Crippen molar-refractivity contribution in [3.8, 4) is 0 Å². The molecule has 7 nitrogen and oxygen atoms in total. The smallest absolute Gasteiger partial charge is 0.726 e. The topological polar surface area (TPSA) is 116 Å². The van der Waals surface area contributed by atoms with Crippen LogP contribution < -0.4 is 29.6 Å². The molecule has 222 valence electrons. The van der Waals surface area contributed by atoms with Crippen LogP contribution in [0.5, 0.6) is 0 Å². The van der Waals surface area contributed by atoms with E-state index < -0.39 is 10.4 Å². The summed E-state index contributed by atoms with van der Waals surface area (Å²) in [5.74, 6) is 0.184. The normalized spacial score (nSPS) is 7.76.